The van der Waals surface area contributed by atoms with E-state index in [-0.39, 0.29) is 6.67 Å². The van der Waals surface area contributed by atoms with Crippen molar-refractivity contribution in [2.75, 3.05) is 6.67 Å². The molecule has 0 atom stereocenters. The van der Waals surface area contributed by atoms with Gasteiger partial charge in [-0.2, -0.15) is 18.3 Å². The number of rotatable bonds is 0. The second kappa shape index (κ2) is 3.25. The highest BCUT2D eigenvalue weighted by atomic mass is 35.6. The molecule has 0 aliphatic carbocycles. The van der Waals surface area contributed by atoms with E-state index >= 15 is 0 Å². The van der Waals surface area contributed by atoms with Crippen LogP contribution in [0.4, 0.5) is 13.2 Å². The number of amidine groups is 1. The van der Waals surface area contributed by atoms with Gasteiger partial charge in [0.25, 0.3) is 3.92 Å². The van der Waals surface area contributed by atoms with E-state index in [1.54, 1.807) is 0 Å². The third-order valence-corrected chi connectivity index (χ3v) is 1.84. The molecule has 1 heterocycles. The average Bonchev–Trinajstić information content (AvgIpc) is 2.27. The van der Waals surface area contributed by atoms with E-state index < -0.39 is 15.9 Å². The molecule has 13 heavy (non-hydrogen) atoms. The summed E-state index contributed by atoms with van der Waals surface area (Å²) in [4.78, 5) is 0.484. The van der Waals surface area contributed by atoms with Crippen LogP contribution in [0.5, 0.6) is 0 Å². The molecule has 0 aromatic heterocycles. The molecule has 0 amide bonds. The van der Waals surface area contributed by atoms with Crippen molar-refractivity contribution in [3.05, 3.63) is 0 Å². The predicted molar refractivity (Wildman–Crippen MR) is 43.6 cm³/mol. The second-order valence-electron chi connectivity index (χ2n) is 2.15. The molecule has 9 heteroatoms. The summed E-state index contributed by atoms with van der Waals surface area (Å²) >= 11 is 15.8. The highest BCUT2D eigenvalue weighted by Gasteiger charge is 2.48. The molecule has 0 unspecified atom stereocenters. The molecule has 76 valence electrons. The van der Waals surface area contributed by atoms with Crippen molar-refractivity contribution in [1.82, 2.24) is 10.3 Å². The highest BCUT2D eigenvalue weighted by molar-refractivity contribution is 6.67. The number of hydrazone groups is 1. The van der Waals surface area contributed by atoms with Crippen LogP contribution in [0.3, 0.4) is 0 Å². The lowest BCUT2D eigenvalue weighted by molar-refractivity contribution is -0.0675. The summed E-state index contributed by atoms with van der Waals surface area (Å²) in [6.07, 6.45) is -4.63. The minimum absolute atomic E-state index is 0.286. The molecule has 3 nitrogen and oxygen atoms in total. The van der Waals surface area contributed by atoms with Crippen molar-refractivity contribution in [3.63, 3.8) is 0 Å². The van der Waals surface area contributed by atoms with E-state index in [1.165, 1.54) is 0 Å². The van der Waals surface area contributed by atoms with Crippen molar-refractivity contribution < 1.29 is 13.2 Å². The van der Waals surface area contributed by atoms with Crippen molar-refractivity contribution in [3.8, 4) is 0 Å². The fourth-order valence-corrected chi connectivity index (χ4v) is 1.16. The molecule has 0 aromatic carbocycles. The van der Waals surface area contributed by atoms with E-state index in [9.17, 15) is 13.2 Å². The smallest absolute Gasteiger partial charge is 0.288 e. The lowest BCUT2D eigenvalue weighted by atomic mass is 10.5. The van der Waals surface area contributed by atoms with E-state index in [1.807, 2.05) is 0 Å². The van der Waals surface area contributed by atoms with Crippen molar-refractivity contribution in [1.29, 1.82) is 0 Å². The number of hydrogen-bond donors (Lipinski definition) is 1. The second-order valence-corrected chi connectivity index (χ2v) is 4.37. The van der Waals surface area contributed by atoms with Crippen LogP contribution in [0.25, 0.3) is 0 Å². The summed E-state index contributed by atoms with van der Waals surface area (Å²) in [5.74, 6) is -1.24. The maximum Gasteiger partial charge on any atom is 0.451 e. The first-order chi connectivity index (χ1) is 5.73. The van der Waals surface area contributed by atoms with Gasteiger partial charge in [-0.1, -0.05) is 34.8 Å². The minimum Gasteiger partial charge on any atom is -0.288 e. The third kappa shape index (κ3) is 2.45. The largest absolute Gasteiger partial charge is 0.451 e. The molecule has 0 saturated carbocycles. The summed E-state index contributed by atoms with van der Waals surface area (Å²) in [5.41, 5.74) is 2.08. The molecule has 0 bridgehead atoms. The minimum atomic E-state index is -4.63. The van der Waals surface area contributed by atoms with Crippen LogP contribution in [0.1, 0.15) is 0 Å². The van der Waals surface area contributed by atoms with E-state index in [2.05, 4.69) is 10.5 Å². The van der Waals surface area contributed by atoms with Crippen LogP contribution in [0.2, 0.25) is 0 Å². The topological polar surface area (TPSA) is 27.6 Å². The predicted octanol–water partition coefficient (Wildman–Crippen LogP) is 2.05. The zero-order chi connectivity index (χ0) is 10.3. The number of nitrogens with zero attached hydrogens (tertiary/aromatic N) is 2. The first kappa shape index (κ1) is 11.0. The van der Waals surface area contributed by atoms with Gasteiger partial charge in [-0.25, -0.2) is 0 Å². The molecule has 0 spiro atoms. The molecular weight excluding hydrogens is 253 g/mol. The molecule has 0 saturated heterocycles. The molecule has 1 rings (SSSR count). The number of nitrogens with one attached hydrogen (secondary N) is 1. The molecule has 0 aromatic rings. The van der Waals surface area contributed by atoms with Gasteiger partial charge in [-0.15, -0.1) is 0 Å². The quantitative estimate of drug-likeness (QED) is 0.531. The van der Waals surface area contributed by atoms with E-state index in [4.69, 9.17) is 34.8 Å². The Morgan fingerprint density at radius 3 is 2.15 bits per heavy atom. The Hall–Kier alpha value is -0.0700. The maximum absolute atomic E-state index is 12.2. The van der Waals surface area contributed by atoms with Gasteiger partial charge < -0.3 is 0 Å². The van der Waals surface area contributed by atoms with Crippen molar-refractivity contribution >= 4 is 40.6 Å². The van der Waals surface area contributed by atoms with Gasteiger partial charge in [0.05, 0.1) is 0 Å². The van der Waals surface area contributed by atoms with Crippen molar-refractivity contribution in [2.45, 2.75) is 10.1 Å². The van der Waals surface area contributed by atoms with Gasteiger partial charge >= 0.3 is 6.18 Å². The maximum atomic E-state index is 12.2. The first-order valence-electron chi connectivity index (χ1n) is 2.95. The number of halogens is 6. The zero-order valence-electron chi connectivity index (χ0n) is 5.87. The molecule has 1 aliphatic heterocycles. The molecule has 1 N–H and O–H groups in total. The van der Waals surface area contributed by atoms with Gasteiger partial charge in [-0.3, -0.25) is 10.3 Å². The normalized spacial score (nSPS) is 18.6. The number of hydrogen-bond acceptors (Lipinski definition) is 3. The fourth-order valence-electron chi connectivity index (χ4n) is 0.742. The van der Waals surface area contributed by atoms with Crippen LogP contribution in [0.15, 0.2) is 5.10 Å². The van der Waals surface area contributed by atoms with Crippen LogP contribution in [0, 0.1) is 0 Å². The van der Waals surface area contributed by atoms with Crippen LogP contribution >= 0.6 is 34.8 Å². The van der Waals surface area contributed by atoms with Gasteiger partial charge in [-0.05, 0) is 0 Å². The summed E-state index contributed by atoms with van der Waals surface area (Å²) in [6, 6.07) is 0. The van der Waals surface area contributed by atoms with E-state index in [0.29, 0.717) is 4.90 Å². The summed E-state index contributed by atoms with van der Waals surface area (Å²) in [7, 11) is 0. The zero-order valence-corrected chi connectivity index (χ0v) is 8.14. The lowest BCUT2D eigenvalue weighted by Crippen LogP contribution is -2.45. The highest BCUT2D eigenvalue weighted by Crippen LogP contribution is 2.35. The Morgan fingerprint density at radius 2 is 1.85 bits per heavy atom. The number of alkyl halides is 6. The van der Waals surface area contributed by atoms with E-state index in [0.717, 1.165) is 0 Å². The first-order valence-corrected chi connectivity index (χ1v) is 4.08. The summed E-state index contributed by atoms with van der Waals surface area (Å²) in [5, 5.41) is 2.97. The molecule has 0 radical (unpaired) electrons. The summed E-state index contributed by atoms with van der Waals surface area (Å²) < 4.78 is 34.3. The van der Waals surface area contributed by atoms with Gasteiger partial charge in [0.2, 0.25) is 5.84 Å². The summed E-state index contributed by atoms with van der Waals surface area (Å²) in [6.45, 7) is -0.286. The van der Waals surface area contributed by atoms with Crippen LogP contribution in [-0.2, 0) is 0 Å². The Morgan fingerprint density at radius 1 is 1.31 bits per heavy atom. The Bertz CT molecular complexity index is 233. The Kier molecular flexibility index (Phi) is 2.75. The lowest BCUT2D eigenvalue weighted by Gasteiger charge is -2.27. The standard InChI is InChI=1S/C4H3Cl3F3N3/c5-4(6,7)13-1-11-12-2(13)3(8,9)10/h11H,1H2. The monoisotopic (exact) mass is 255 g/mol. The molecular formula is C4H3Cl3F3N3. The van der Waals surface area contributed by atoms with Gasteiger partial charge in [0, 0.05) is 0 Å². The SMILES string of the molecule is FC(F)(F)C1=NNCN1C(Cl)(Cl)Cl. The van der Waals surface area contributed by atoms with Crippen LogP contribution < -0.4 is 5.43 Å². The van der Waals surface area contributed by atoms with Gasteiger partial charge in [0.1, 0.15) is 6.67 Å². The Balaban J connectivity index is 2.87. The van der Waals surface area contributed by atoms with Crippen molar-refractivity contribution in [2.24, 2.45) is 5.10 Å². The fraction of sp³-hybridized carbons (Fsp3) is 0.750. The average molecular weight is 256 g/mol. The molecule has 1 aliphatic rings. The third-order valence-electron chi connectivity index (χ3n) is 1.23. The Labute approximate surface area is 86.4 Å². The molecule has 0 fully saturated rings. The van der Waals surface area contributed by atoms with Crippen LogP contribution in [-0.4, -0.2) is 27.5 Å². The van der Waals surface area contributed by atoms with Gasteiger partial charge in [0.15, 0.2) is 0 Å².